The molecule has 4 aromatic rings. The molecular formula is C28H27F3N8O3. The summed E-state index contributed by atoms with van der Waals surface area (Å²) in [7, 11) is 3.64. The van der Waals surface area contributed by atoms with Crippen molar-refractivity contribution < 1.29 is 22.7 Å². The Morgan fingerprint density at radius 3 is 2.52 bits per heavy atom. The number of anilines is 4. The highest BCUT2D eigenvalue weighted by Gasteiger charge is 2.38. The maximum atomic E-state index is 13.8. The number of piperazine rings is 1. The van der Waals surface area contributed by atoms with Crippen LogP contribution in [0.4, 0.5) is 36.2 Å². The van der Waals surface area contributed by atoms with Gasteiger partial charge >= 0.3 is 6.18 Å². The fourth-order valence-electron chi connectivity index (χ4n) is 4.57. The van der Waals surface area contributed by atoms with Crippen LogP contribution in [0.5, 0.6) is 5.75 Å². The van der Waals surface area contributed by atoms with E-state index in [9.17, 15) is 22.8 Å². The molecule has 2 N–H and O–H groups in total. The molecule has 11 nitrogen and oxygen atoms in total. The first kappa shape index (κ1) is 28.5. The highest BCUT2D eigenvalue weighted by Crippen LogP contribution is 2.33. The number of hydrogen-bond donors (Lipinski definition) is 2. The number of ether oxygens (including phenoxy) is 1. The number of carbonyl (C=O) groups excluding carboxylic acids is 1. The first-order chi connectivity index (χ1) is 20.1. The van der Waals surface area contributed by atoms with Crippen molar-refractivity contribution in [1.29, 1.82) is 0 Å². The second kappa shape index (κ2) is 11.5. The maximum absolute atomic E-state index is 13.8. The zero-order valence-corrected chi connectivity index (χ0v) is 22.8. The average molecular weight is 581 g/mol. The molecule has 1 fully saturated rings. The van der Waals surface area contributed by atoms with Gasteiger partial charge in [0.15, 0.2) is 5.65 Å². The second-order valence-corrected chi connectivity index (χ2v) is 9.55. The summed E-state index contributed by atoms with van der Waals surface area (Å²) < 4.78 is 47.8. The van der Waals surface area contributed by atoms with Crippen LogP contribution in [-0.4, -0.2) is 70.7 Å². The Labute approximate surface area is 238 Å². The third-order valence-electron chi connectivity index (χ3n) is 6.71. The molecule has 2 aromatic heterocycles. The molecule has 3 heterocycles. The summed E-state index contributed by atoms with van der Waals surface area (Å²) in [6, 6.07) is 11.3. The molecule has 14 heteroatoms. The lowest BCUT2D eigenvalue weighted by Gasteiger charge is -2.34. The molecule has 42 heavy (non-hydrogen) atoms. The second-order valence-electron chi connectivity index (χ2n) is 9.55. The van der Waals surface area contributed by atoms with Crippen LogP contribution in [0.3, 0.4) is 0 Å². The Balaban J connectivity index is 1.56. The predicted molar refractivity (Wildman–Crippen MR) is 153 cm³/mol. The number of aromatic nitrogens is 4. The highest BCUT2D eigenvalue weighted by molar-refractivity contribution is 5.99. The molecule has 1 aliphatic rings. The number of rotatable bonds is 7. The van der Waals surface area contributed by atoms with Crippen molar-refractivity contribution in [1.82, 2.24) is 24.4 Å². The molecule has 5 rings (SSSR count). The predicted octanol–water partition coefficient (Wildman–Crippen LogP) is 3.82. The molecule has 1 aliphatic heterocycles. The van der Waals surface area contributed by atoms with Crippen LogP contribution in [0.2, 0.25) is 0 Å². The van der Waals surface area contributed by atoms with Crippen molar-refractivity contribution in [2.75, 3.05) is 55.9 Å². The van der Waals surface area contributed by atoms with Gasteiger partial charge in [-0.15, -0.1) is 0 Å². The van der Waals surface area contributed by atoms with Gasteiger partial charge in [0.25, 0.3) is 5.56 Å². The van der Waals surface area contributed by atoms with Crippen molar-refractivity contribution in [3.05, 3.63) is 77.4 Å². The van der Waals surface area contributed by atoms with E-state index in [4.69, 9.17) is 4.74 Å². The molecule has 1 saturated heterocycles. The van der Waals surface area contributed by atoms with E-state index in [1.165, 1.54) is 24.3 Å². The first-order valence-electron chi connectivity index (χ1n) is 12.9. The third-order valence-corrected chi connectivity index (χ3v) is 6.71. The van der Waals surface area contributed by atoms with E-state index in [0.29, 0.717) is 11.4 Å². The van der Waals surface area contributed by atoms with Gasteiger partial charge in [-0.3, -0.25) is 14.2 Å². The van der Waals surface area contributed by atoms with Gasteiger partial charge in [0.2, 0.25) is 17.5 Å². The van der Waals surface area contributed by atoms with Crippen molar-refractivity contribution in [2.24, 2.45) is 0 Å². The van der Waals surface area contributed by atoms with Crippen molar-refractivity contribution in [3.63, 3.8) is 0 Å². The zero-order chi connectivity index (χ0) is 30.0. The van der Waals surface area contributed by atoms with Crippen LogP contribution in [0.1, 0.15) is 5.69 Å². The number of hydrogen-bond acceptors (Lipinski definition) is 9. The molecule has 0 atom stereocenters. The number of nitrogens with one attached hydrogen (secondary N) is 2. The van der Waals surface area contributed by atoms with Crippen LogP contribution in [0.15, 0.2) is 66.1 Å². The van der Waals surface area contributed by atoms with E-state index in [0.717, 1.165) is 48.7 Å². The molecule has 0 bridgehead atoms. The quantitative estimate of drug-likeness (QED) is 0.315. The SMILES string of the molecule is C=CC(=O)Nc1cccc(-n2c(=O)c(C(F)(F)F)nc3cnc(Nc4ccc(N5CCN(C)CC5)c(OC)c4)nc32)c1. The lowest BCUT2D eigenvalue weighted by atomic mass is 10.2. The monoisotopic (exact) mass is 580 g/mol. The van der Waals surface area contributed by atoms with Gasteiger partial charge in [0.05, 0.1) is 24.7 Å². The van der Waals surface area contributed by atoms with Crippen LogP contribution in [0.25, 0.3) is 16.9 Å². The molecule has 0 unspecified atom stereocenters. The Kier molecular flexibility index (Phi) is 7.81. The van der Waals surface area contributed by atoms with E-state index in [2.05, 4.69) is 49.0 Å². The number of halogens is 3. The lowest BCUT2D eigenvalue weighted by Crippen LogP contribution is -2.44. The molecule has 2 aromatic carbocycles. The Morgan fingerprint density at radius 2 is 1.83 bits per heavy atom. The van der Waals surface area contributed by atoms with E-state index in [1.807, 2.05) is 12.1 Å². The summed E-state index contributed by atoms with van der Waals surface area (Å²) in [5.41, 5.74) is -1.71. The average Bonchev–Trinajstić information content (AvgIpc) is 2.96. The van der Waals surface area contributed by atoms with Gasteiger partial charge in [-0.05, 0) is 43.5 Å². The van der Waals surface area contributed by atoms with Gasteiger partial charge < -0.3 is 25.2 Å². The van der Waals surface area contributed by atoms with Crippen LogP contribution in [-0.2, 0) is 11.0 Å². The molecule has 218 valence electrons. The summed E-state index contributed by atoms with van der Waals surface area (Å²) in [4.78, 5) is 41.5. The minimum Gasteiger partial charge on any atom is -0.495 e. The van der Waals surface area contributed by atoms with E-state index in [1.54, 1.807) is 13.2 Å². The van der Waals surface area contributed by atoms with Crippen LogP contribution in [0, 0.1) is 0 Å². The number of nitrogens with zero attached hydrogens (tertiary/aromatic N) is 6. The van der Waals surface area contributed by atoms with Crippen LogP contribution >= 0.6 is 0 Å². The topological polar surface area (TPSA) is 118 Å². The summed E-state index contributed by atoms with van der Waals surface area (Å²) in [5.74, 6) is 0.109. The summed E-state index contributed by atoms with van der Waals surface area (Å²) in [5, 5.41) is 5.56. The van der Waals surface area contributed by atoms with Gasteiger partial charge in [-0.1, -0.05) is 12.6 Å². The number of fused-ring (bicyclic) bond motifs is 1. The first-order valence-corrected chi connectivity index (χ1v) is 12.9. The standard InChI is InChI=1S/C28H27F3N8O3/c1-4-23(40)33-17-6-5-7-19(14-17)39-25-20(35-24(26(39)41)28(29,30)31)16-32-27(36-25)34-18-8-9-21(22(15-18)42-3)38-12-10-37(2)11-13-38/h4-9,14-16H,1,10-13H2,2-3H3,(H,33,40)(H,32,34,36). The molecular weight excluding hydrogens is 553 g/mol. The van der Waals surface area contributed by atoms with E-state index >= 15 is 0 Å². The van der Waals surface area contributed by atoms with Gasteiger partial charge in [-0.25, -0.2) is 9.97 Å². The molecule has 0 saturated carbocycles. The Morgan fingerprint density at radius 1 is 1.07 bits per heavy atom. The van der Waals surface area contributed by atoms with Crippen molar-refractivity contribution in [3.8, 4) is 11.4 Å². The fraction of sp³-hybridized carbons (Fsp3) is 0.250. The van der Waals surface area contributed by atoms with E-state index in [-0.39, 0.29) is 28.5 Å². The van der Waals surface area contributed by atoms with Crippen LogP contribution < -0.4 is 25.8 Å². The molecule has 0 radical (unpaired) electrons. The fourth-order valence-corrected chi connectivity index (χ4v) is 4.57. The number of alkyl halides is 3. The number of benzene rings is 2. The lowest BCUT2D eigenvalue weighted by molar-refractivity contribution is -0.142. The summed E-state index contributed by atoms with van der Waals surface area (Å²) in [6.07, 6.45) is -2.88. The third kappa shape index (κ3) is 5.88. The van der Waals surface area contributed by atoms with Gasteiger partial charge in [-0.2, -0.15) is 18.2 Å². The van der Waals surface area contributed by atoms with E-state index < -0.39 is 23.3 Å². The summed E-state index contributed by atoms with van der Waals surface area (Å²) in [6.45, 7) is 6.91. The number of carbonyl (C=O) groups is 1. The van der Waals surface area contributed by atoms with Crippen molar-refractivity contribution >= 4 is 40.1 Å². The van der Waals surface area contributed by atoms with Gasteiger partial charge in [0, 0.05) is 43.6 Å². The molecule has 0 spiro atoms. The van der Waals surface area contributed by atoms with Gasteiger partial charge in [0.1, 0.15) is 11.3 Å². The Bertz CT molecular complexity index is 1720. The molecule has 0 aliphatic carbocycles. The van der Waals surface area contributed by atoms with Crippen molar-refractivity contribution in [2.45, 2.75) is 6.18 Å². The summed E-state index contributed by atoms with van der Waals surface area (Å²) >= 11 is 0. The number of likely N-dealkylation sites (N-methyl/N-ethyl adjacent to an activating group) is 1. The largest absolute Gasteiger partial charge is 0.495 e. The minimum absolute atomic E-state index is 0.0164. The Hall–Kier alpha value is -4.98. The minimum atomic E-state index is -5.03. The maximum Gasteiger partial charge on any atom is 0.438 e. The zero-order valence-electron chi connectivity index (χ0n) is 22.8. The normalized spacial score (nSPS) is 14.1. The smallest absolute Gasteiger partial charge is 0.438 e. The number of amides is 1. The highest BCUT2D eigenvalue weighted by atomic mass is 19.4. The molecule has 1 amide bonds. The number of methoxy groups -OCH3 is 1.